The number of nitrogens with zero attached hydrogens (tertiary/aromatic N) is 1. The minimum atomic E-state index is -5.17. The van der Waals surface area contributed by atoms with Crippen molar-refractivity contribution in [3.8, 4) is 0 Å². The standard InChI is InChI=1S/C31H26F6N2O2.ClH/c32-30(33,34)27-12-11-23(17-28(27)31(35,36)37)20-41-21-26(24-9-5-2-6-10-24)18-38-29(40)25-13-15-39(16-14-25)19-22-7-3-1-4-8-22;/h1-17,26H,18-21H2;1H. The van der Waals surface area contributed by atoms with Crippen molar-refractivity contribution >= 4 is 5.91 Å². The molecule has 1 atom stereocenters. The average Bonchev–Trinajstić information content (AvgIpc) is 2.95. The summed E-state index contributed by atoms with van der Waals surface area (Å²) in [4.78, 5) is 12.8. The van der Waals surface area contributed by atoms with Crippen LogP contribution in [0.1, 0.15) is 44.1 Å². The first-order valence-electron chi connectivity index (χ1n) is 12.7. The van der Waals surface area contributed by atoms with Gasteiger partial charge in [0, 0.05) is 30.2 Å². The number of carbonyl (C=O) groups excluding carboxylic acids is 1. The third kappa shape index (κ3) is 9.06. The predicted octanol–water partition coefficient (Wildman–Crippen LogP) is 3.79. The van der Waals surface area contributed by atoms with Crippen molar-refractivity contribution < 1.29 is 52.8 Å². The lowest BCUT2D eigenvalue weighted by Crippen LogP contribution is -3.00. The van der Waals surface area contributed by atoms with Crippen molar-refractivity contribution in [1.82, 2.24) is 5.32 Å². The number of halogens is 7. The van der Waals surface area contributed by atoms with Crippen molar-refractivity contribution in [2.24, 2.45) is 0 Å². The van der Waals surface area contributed by atoms with E-state index in [9.17, 15) is 31.1 Å². The number of ether oxygens (including phenoxy) is 1. The minimum absolute atomic E-state index is 0. The lowest BCUT2D eigenvalue weighted by atomic mass is 9.99. The maximum Gasteiger partial charge on any atom is 0.417 e. The van der Waals surface area contributed by atoms with Gasteiger partial charge in [0.15, 0.2) is 18.9 Å². The van der Waals surface area contributed by atoms with E-state index in [0.717, 1.165) is 17.2 Å². The van der Waals surface area contributed by atoms with Crippen molar-refractivity contribution in [3.63, 3.8) is 0 Å². The molecule has 1 N–H and O–H groups in total. The maximum absolute atomic E-state index is 13.3. The van der Waals surface area contributed by atoms with Crippen LogP contribution in [-0.4, -0.2) is 19.1 Å². The van der Waals surface area contributed by atoms with Crippen LogP contribution in [0.15, 0.2) is 103 Å². The first kappa shape index (κ1) is 32.6. The Bertz CT molecular complexity index is 1430. The highest BCUT2D eigenvalue weighted by molar-refractivity contribution is 5.93. The molecule has 0 fully saturated rings. The Morgan fingerprint density at radius 2 is 1.36 bits per heavy atom. The number of rotatable bonds is 10. The molecule has 0 spiro atoms. The first-order valence-corrected chi connectivity index (χ1v) is 12.7. The molecule has 1 unspecified atom stereocenters. The number of amides is 1. The highest BCUT2D eigenvalue weighted by Gasteiger charge is 2.43. The second kappa shape index (κ2) is 14.3. The zero-order chi connectivity index (χ0) is 29.5. The number of carbonyl (C=O) groups is 1. The van der Waals surface area contributed by atoms with Gasteiger partial charge in [-0.05, 0) is 23.3 Å². The Morgan fingerprint density at radius 3 is 1.95 bits per heavy atom. The summed E-state index contributed by atoms with van der Waals surface area (Å²) in [6.07, 6.45) is -6.70. The smallest absolute Gasteiger partial charge is 0.417 e. The third-order valence-electron chi connectivity index (χ3n) is 6.42. The van der Waals surface area contributed by atoms with Crippen LogP contribution in [0, 0.1) is 0 Å². The molecule has 3 aromatic carbocycles. The fourth-order valence-corrected chi connectivity index (χ4v) is 4.31. The number of nitrogens with one attached hydrogen (secondary N) is 1. The topological polar surface area (TPSA) is 42.2 Å². The van der Waals surface area contributed by atoms with Crippen LogP contribution < -0.4 is 22.3 Å². The van der Waals surface area contributed by atoms with Gasteiger partial charge >= 0.3 is 12.4 Å². The monoisotopic (exact) mass is 608 g/mol. The van der Waals surface area contributed by atoms with E-state index in [-0.39, 0.29) is 49.6 Å². The van der Waals surface area contributed by atoms with Gasteiger partial charge in [-0.2, -0.15) is 26.3 Å². The van der Waals surface area contributed by atoms with Gasteiger partial charge in [-0.1, -0.05) is 66.7 Å². The molecule has 0 aliphatic rings. The lowest BCUT2D eigenvalue weighted by molar-refractivity contribution is -0.688. The molecular formula is C31H27ClF6N2O2. The van der Waals surface area contributed by atoms with Crippen LogP contribution >= 0.6 is 0 Å². The Kier molecular flexibility index (Phi) is 11.1. The second-order valence-electron chi connectivity index (χ2n) is 9.45. The number of hydrogen-bond donors (Lipinski definition) is 1. The number of pyridine rings is 1. The number of hydrogen-bond acceptors (Lipinski definition) is 2. The largest absolute Gasteiger partial charge is 1.00 e. The van der Waals surface area contributed by atoms with E-state index in [1.807, 2.05) is 53.1 Å². The highest BCUT2D eigenvalue weighted by Crippen LogP contribution is 2.40. The summed E-state index contributed by atoms with van der Waals surface area (Å²) in [5.74, 6) is -0.668. The number of benzene rings is 3. The quantitative estimate of drug-likeness (QED) is 0.220. The molecule has 4 aromatic rings. The van der Waals surface area contributed by atoms with Gasteiger partial charge in [0.05, 0.1) is 29.9 Å². The Labute approximate surface area is 245 Å². The van der Waals surface area contributed by atoms with E-state index in [1.54, 1.807) is 36.7 Å². The van der Waals surface area contributed by atoms with Gasteiger partial charge < -0.3 is 22.5 Å². The second-order valence-corrected chi connectivity index (χ2v) is 9.45. The molecule has 1 aromatic heterocycles. The molecule has 1 amide bonds. The molecule has 4 nitrogen and oxygen atoms in total. The summed E-state index contributed by atoms with van der Waals surface area (Å²) in [7, 11) is 0. The van der Waals surface area contributed by atoms with E-state index >= 15 is 0 Å². The van der Waals surface area contributed by atoms with Crippen LogP contribution in [0.3, 0.4) is 0 Å². The molecule has 0 saturated heterocycles. The summed E-state index contributed by atoms with van der Waals surface area (Å²) in [6.45, 7) is 0.499. The maximum atomic E-state index is 13.3. The highest BCUT2D eigenvalue weighted by atomic mass is 35.5. The van der Waals surface area contributed by atoms with Crippen molar-refractivity contribution in [3.05, 3.63) is 137 Å². The molecule has 42 heavy (non-hydrogen) atoms. The van der Waals surface area contributed by atoms with E-state index in [4.69, 9.17) is 4.74 Å². The summed E-state index contributed by atoms with van der Waals surface area (Å²) in [6, 6.07) is 24.2. The molecule has 0 bridgehead atoms. The molecule has 222 valence electrons. The van der Waals surface area contributed by atoms with Gasteiger partial charge in [0.2, 0.25) is 0 Å². The lowest BCUT2D eigenvalue weighted by Gasteiger charge is -2.19. The SMILES string of the molecule is O=C(NCC(COCc1ccc(C(F)(F)F)c(C(F)(F)F)c1)c1ccccc1)c1cc[n+](Cc2ccccc2)cc1.[Cl-]. The Balaban J connectivity index is 0.00000484. The van der Waals surface area contributed by atoms with Gasteiger partial charge in [0.1, 0.15) is 0 Å². The van der Waals surface area contributed by atoms with Crippen molar-refractivity contribution in [2.45, 2.75) is 31.4 Å². The average molecular weight is 609 g/mol. The van der Waals surface area contributed by atoms with Crippen molar-refractivity contribution in [1.29, 1.82) is 0 Å². The normalized spacial score (nSPS) is 12.3. The molecule has 11 heteroatoms. The summed E-state index contributed by atoms with van der Waals surface area (Å²) in [5, 5.41) is 2.87. The van der Waals surface area contributed by atoms with Gasteiger partial charge in [0.25, 0.3) is 5.91 Å². The molecule has 4 rings (SSSR count). The van der Waals surface area contributed by atoms with Gasteiger partial charge in [-0.3, -0.25) is 4.79 Å². The summed E-state index contributed by atoms with van der Waals surface area (Å²) < 4.78 is 86.6. The zero-order valence-electron chi connectivity index (χ0n) is 22.1. The minimum Gasteiger partial charge on any atom is -1.00 e. The van der Waals surface area contributed by atoms with Crippen LogP contribution in [-0.2, 0) is 30.2 Å². The van der Waals surface area contributed by atoms with Gasteiger partial charge in [-0.25, -0.2) is 4.57 Å². The van der Waals surface area contributed by atoms with Crippen molar-refractivity contribution in [2.75, 3.05) is 13.2 Å². The Morgan fingerprint density at radius 1 is 0.762 bits per heavy atom. The molecule has 0 aliphatic heterocycles. The third-order valence-corrected chi connectivity index (χ3v) is 6.42. The number of alkyl halides is 6. The molecule has 0 radical (unpaired) electrons. The predicted molar refractivity (Wildman–Crippen MR) is 140 cm³/mol. The fraction of sp³-hybridized carbons (Fsp3) is 0.226. The number of aromatic nitrogens is 1. The first-order chi connectivity index (χ1) is 19.5. The molecular weight excluding hydrogens is 582 g/mol. The molecule has 0 saturated carbocycles. The van der Waals surface area contributed by atoms with Crippen LogP contribution in [0.25, 0.3) is 0 Å². The molecule has 1 heterocycles. The Hall–Kier alpha value is -3.89. The molecule has 0 aliphatic carbocycles. The van der Waals surface area contributed by atoms with Crippen LogP contribution in [0.2, 0.25) is 0 Å². The summed E-state index contributed by atoms with van der Waals surface area (Å²) in [5.41, 5.74) is -1.16. The van der Waals surface area contributed by atoms with Crippen LogP contribution in [0.4, 0.5) is 26.3 Å². The van der Waals surface area contributed by atoms with E-state index in [1.165, 1.54) is 0 Å². The fourth-order valence-electron chi connectivity index (χ4n) is 4.31. The summed E-state index contributed by atoms with van der Waals surface area (Å²) >= 11 is 0. The van der Waals surface area contributed by atoms with E-state index in [0.29, 0.717) is 24.2 Å². The van der Waals surface area contributed by atoms with Gasteiger partial charge in [-0.15, -0.1) is 0 Å². The van der Waals surface area contributed by atoms with E-state index in [2.05, 4.69) is 5.32 Å². The zero-order valence-corrected chi connectivity index (χ0v) is 22.9. The van der Waals surface area contributed by atoms with Crippen LogP contribution in [0.5, 0.6) is 0 Å². The van der Waals surface area contributed by atoms with E-state index < -0.39 is 23.5 Å².